The van der Waals surface area contributed by atoms with Gasteiger partial charge >= 0.3 is 5.97 Å². The van der Waals surface area contributed by atoms with E-state index >= 15 is 0 Å². The van der Waals surface area contributed by atoms with Crippen LogP contribution in [0.1, 0.15) is 32.9 Å². The van der Waals surface area contributed by atoms with Gasteiger partial charge in [0.05, 0.1) is 5.56 Å². The zero-order valence-electron chi connectivity index (χ0n) is 12.0. The monoisotopic (exact) mass is 271 g/mol. The highest BCUT2D eigenvalue weighted by Crippen LogP contribution is 2.21. The highest BCUT2D eigenvalue weighted by Gasteiger charge is 2.13. The van der Waals surface area contributed by atoms with Crippen LogP contribution in [0.4, 0.5) is 0 Å². The second kappa shape index (κ2) is 4.96. The summed E-state index contributed by atoms with van der Waals surface area (Å²) in [6, 6.07) is 6.67. The van der Waals surface area contributed by atoms with E-state index in [2.05, 4.69) is 0 Å². The van der Waals surface area contributed by atoms with E-state index in [4.69, 9.17) is 0 Å². The van der Waals surface area contributed by atoms with Gasteiger partial charge < -0.3 is 9.67 Å². The molecule has 0 aliphatic carbocycles. The Balaban J connectivity index is 2.78. The third kappa shape index (κ3) is 2.37. The number of benzene rings is 1. The Labute approximate surface area is 117 Å². The van der Waals surface area contributed by atoms with Crippen LogP contribution in [-0.4, -0.2) is 15.6 Å². The maximum Gasteiger partial charge on any atom is 0.336 e. The summed E-state index contributed by atoms with van der Waals surface area (Å²) >= 11 is 0. The van der Waals surface area contributed by atoms with Crippen molar-refractivity contribution >= 4 is 5.97 Å². The molecule has 4 heteroatoms. The second-order valence-corrected chi connectivity index (χ2v) is 5.05. The van der Waals surface area contributed by atoms with E-state index in [1.165, 1.54) is 0 Å². The van der Waals surface area contributed by atoms with Crippen LogP contribution in [0.15, 0.2) is 29.1 Å². The molecule has 0 amide bonds. The van der Waals surface area contributed by atoms with Crippen LogP contribution < -0.4 is 5.43 Å². The Morgan fingerprint density at radius 2 is 1.55 bits per heavy atom. The van der Waals surface area contributed by atoms with Crippen molar-refractivity contribution in [2.75, 3.05) is 0 Å². The molecule has 104 valence electrons. The third-order valence-corrected chi connectivity index (χ3v) is 3.55. The number of nitrogens with zero attached hydrogens (tertiary/aromatic N) is 1. The first-order chi connectivity index (χ1) is 9.31. The van der Waals surface area contributed by atoms with E-state index in [0.717, 1.165) is 28.2 Å². The molecule has 0 radical (unpaired) electrons. The lowest BCUT2D eigenvalue weighted by molar-refractivity contribution is 0.0696. The molecule has 0 bridgehead atoms. The van der Waals surface area contributed by atoms with Gasteiger partial charge in [-0.1, -0.05) is 0 Å². The van der Waals surface area contributed by atoms with Crippen LogP contribution in [-0.2, 0) is 0 Å². The Kier molecular flexibility index (Phi) is 3.49. The number of aryl methyl sites for hydroxylation is 3. The molecule has 2 aromatic rings. The molecule has 1 aromatic heterocycles. The lowest BCUT2D eigenvalue weighted by Crippen LogP contribution is -2.13. The Morgan fingerprint density at radius 3 is 2.05 bits per heavy atom. The van der Waals surface area contributed by atoms with Crippen molar-refractivity contribution in [3.05, 3.63) is 62.6 Å². The van der Waals surface area contributed by atoms with E-state index < -0.39 is 5.97 Å². The molecule has 1 heterocycles. The topological polar surface area (TPSA) is 59.3 Å². The molecule has 1 N–H and O–H groups in total. The first kappa shape index (κ1) is 14.1. The van der Waals surface area contributed by atoms with E-state index in [1.54, 1.807) is 25.1 Å². The fraction of sp³-hybridized carbons (Fsp3) is 0.250. The number of aromatic carboxylic acids is 1. The van der Waals surface area contributed by atoms with Gasteiger partial charge in [0.15, 0.2) is 5.43 Å². The average Bonchev–Trinajstić information content (AvgIpc) is 2.31. The summed E-state index contributed by atoms with van der Waals surface area (Å²) in [6.07, 6.45) is 0. The summed E-state index contributed by atoms with van der Waals surface area (Å²) in [7, 11) is 0. The summed E-state index contributed by atoms with van der Waals surface area (Å²) < 4.78 is 1.89. The molecular formula is C16H17NO3. The van der Waals surface area contributed by atoms with Gasteiger partial charge in [-0.25, -0.2) is 4.79 Å². The molecule has 0 saturated heterocycles. The number of rotatable bonds is 2. The number of hydrogen-bond donors (Lipinski definition) is 1. The van der Waals surface area contributed by atoms with Crippen molar-refractivity contribution < 1.29 is 9.90 Å². The number of pyridine rings is 1. The highest BCUT2D eigenvalue weighted by atomic mass is 16.4. The van der Waals surface area contributed by atoms with Crippen LogP contribution >= 0.6 is 0 Å². The number of hydrogen-bond acceptors (Lipinski definition) is 2. The zero-order valence-corrected chi connectivity index (χ0v) is 12.0. The first-order valence-corrected chi connectivity index (χ1v) is 6.36. The quantitative estimate of drug-likeness (QED) is 0.913. The molecule has 0 saturated carbocycles. The fourth-order valence-corrected chi connectivity index (χ4v) is 2.46. The van der Waals surface area contributed by atoms with Crippen LogP contribution in [0.3, 0.4) is 0 Å². The van der Waals surface area contributed by atoms with Crippen molar-refractivity contribution in [2.24, 2.45) is 0 Å². The lowest BCUT2D eigenvalue weighted by atomic mass is 10.0. The van der Waals surface area contributed by atoms with Gasteiger partial charge in [0, 0.05) is 29.2 Å². The highest BCUT2D eigenvalue weighted by molar-refractivity contribution is 5.90. The van der Waals surface area contributed by atoms with Gasteiger partial charge in [-0.3, -0.25) is 4.79 Å². The van der Waals surface area contributed by atoms with E-state index in [0.29, 0.717) is 0 Å². The molecule has 0 fully saturated rings. The summed E-state index contributed by atoms with van der Waals surface area (Å²) in [5, 5.41) is 9.28. The second-order valence-electron chi connectivity index (χ2n) is 5.05. The molecule has 0 atom stereocenters. The van der Waals surface area contributed by atoms with Crippen LogP contribution in [0, 0.1) is 27.7 Å². The molecule has 2 rings (SSSR count). The van der Waals surface area contributed by atoms with Crippen LogP contribution in [0.25, 0.3) is 5.69 Å². The fourth-order valence-electron chi connectivity index (χ4n) is 2.46. The Morgan fingerprint density at radius 1 is 1.00 bits per heavy atom. The average molecular weight is 271 g/mol. The third-order valence-electron chi connectivity index (χ3n) is 3.55. The minimum atomic E-state index is -0.941. The number of carboxylic acids is 1. The summed E-state index contributed by atoms with van der Waals surface area (Å²) in [6.45, 7) is 7.36. The summed E-state index contributed by atoms with van der Waals surface area (Å²) in [4.78, 5) is 22.8. The largest absolute Gasteiger partial charge is 0.478 e. The van der Waals surface area contributed by atoms with Gasteiger partial charge in [-0.2, -0.15) is 0 Å². The molecule has 0 spiro atoms. The molecule has 0 aliphatic rings. The molecule has 1 aromatic carbocycles. The molecular weight excluding hydrogens is 254 g/mol. The molecule has 4 nitrogen and oxygen atoms in total. The van der Waals surface area contributed by atoms with Crippen LogP contribution in [0.2, 0.25) is 0 Å². The predicted molar refractivity (Wildman–Crippen MR) is 77.9 cm³/mol. The minimum absolute atomic E-state index is 0.0430. The summed E-state index contributed by atoms with van der Waals surface area (Å²) in [5.41, 5.74) is 4.26. The SMILES string of the molecule is Cc1cc(-n2c(C)cc(=O)cc2C)cc(C(=O)O)c1C. The van der Waals surface area contributed by atoms with Crippen molar-refractivity contribution in [2.45, 2.75) is 27.7 Å². The normalized spacial score (nSPS) is 10.6. The Hall–Kier alpha value is -2.36. The van der Waals surface area contributed by atoms with E-state index in [9.17, 15) is 14.7 Å². The maximum absolute atomic E-state index is 11.5. The molecule has 0 aliphatic heterocycles. The zero-order chi connectivity index (χ0) is 15.0. The number of carboxylic acid groups (broad SMARTS) is 1. The Bertz CT molecular complexity index is 731. The van der Waals surface area contributed by atoms with Crippen molar-refractivity contribution in [1.29, 1.82) is 0 Å². The first-order valence-electron chi connectivity index (χ1n) is 6.36. The van der Waals surface area contributed by atoms with Crippen molar-refractivity contribution in [3.8, 4) is 5.69 Å². The molecule has 0 unspecified atom stereocenters. The van der Waals surface area contributed by atoms with E-state index in [1.807, 2.05) is 31.4 Å². The minimum Gasteiger partial charge on any atom is -0.478 e. The predicted octanol–water partition coefficient (Wildman–Crippen LogP) is 2.77. The van der Waals surface area contributed by atoms with Gasteiger partial charge in [0.2, 0.25) is 0 Å². The van der Waals surface area contributed by atoms with Crippen LogP contribution in [0.5, 0.6) is 0 Å². The van der Waals surface area contributed by atoms with E-state index in [-0.39, 0.29) is 11.0 Å². The smallest absolute Gasteiger partial charge is 0.336 e. The molecule has 20 heavy (non-hydrogen) atoms. The standard InChI is InChI=1S/C16H17NO3/c1-9-5-13(8-15(12(9)4)16(19)20)17-10(2)6-14(18)7-11(17)3/h5-8H,1-4H3,(H,19,20). The maximum atomic E-state index is 11.5. The summed E-state index contributed by atoms with van der Waals surface area (Å²) in [5.74, 6) is -0.941. The van der Waals surface area contributed by atoms with Gasteiger partial charge in [0.25, 0.3) is 0 Å². The lowest BCUT2D eigenvalue weighted by Gasteiger charge is -2.17. The number of carbonyl (C=O) groups is 1. The van der Waals surface area contributed by atoms with Crippen molar-refractivity contribution in [1.82, 2.24) is 4.57 Å². The van der Waals surface area contributed by atoms with Gasteiger partial charge in [-0.05, 0) is 51.0 Å². The van der Waals surface area contributed by atoms with Crippen molar-refractivity contribution in [3.63, 3.8) is 0 Å². The number of aromatic nitrogens is 1. The van der Waals surface area contributed by atoms with Gasteiger partial charge in [0.1, 0.15) is 0 Å². The van der Waals surface area contributed by atoms with Gasteiger partial charge in [-0.15, -0.1) is 0 Å².